The molecule has 0 fully saturated rings. The number of hydrogen-bond acceptors (Lipinski definition) is 7. The van der Waals surface area contributed by atoms with Crippen molar-refractivity contribution in [2.45, 2.75) is 65.7 Å². The van der Waals surface area contributed by atoms with Gasteiger partial charge in [-0.3, -0.25) is 10.1 Å². The van der Waals surface area contributed by atoms with E-state index in [0.717, 1.165) is 0 Å². The number of nitrogens with zero attached hydrogens (tertiary/aromatic N) is 3. The molecule has 1 unspecified atom stereocenters. The lowest BCUT2D eigenvalue weighted by Crippen LogP contribution is -2.49. The maximum absolute atomic E-state index is 13.0. The van der Waals surface area contributed by atoms with E-state index in [2.05, 4.69) is 5.32 Å². The molecule has 0 radical (unpaired) electrons. The third-order valence-corrected chi connectivity index (χ3v) is 5.10. The van der Waals surface area contributed by atoms with E-state index in [0.29, 0.717) is 17.7 Å². The summed E-state index contributed by atoms with van der Waals surface area (Å²) in [6, 6.07) is 4.47. The Morgan fingerprint density at radius 3 is 2.51 bits per heavy atom. The van der Waals surface area contributed by atoms with E-state index in [1.165, 1.54) is 28.0 Å². The summed E-state index contributed by atoms with van der Waals surface area (Å²) in [5, 5.41) is 14.1. The van der Waals surface area contributed by atoms with Crippen LogP contribution in [0.3, 0.4) is 0 Å². The molecular weight excluding hydrogens is 456 g/mol. The monoisotopic (exact) mass is 490 g/mol. The smallest absolute Gasteiger partial charge is 0.410 e. The number of esters is 1. The molecule has 0 spiro atoms. The Labute approximate surface area is 205 Å². The first-order valence-corrected chi connectivity index (χ1v) is 11.4. The van der Waals surface area contributed by atoms with Crippen LogP contribution in [0.2, 0.25) is 0 Å². The van der Waals surface area contributed by atoms with Gasteiger partial charge in [0.25, 0.3) is 5.69 Å². The summed E-state index contributed by atoms with van der Waals surface area (Å²) in [6.45, 7) is 10.8. The predicted molar refractivity (Wildman–Crippen MR) is 128 cm³/mol. The topological polar surface area (TPSA) is 131 Å². The molecule has 1 aromatic rings. The minimum absolute atomic E-state index is 0.160. The van der Waals surface area contributed by atoms with Gasteiger partial charge in [-0.2, -0.15) is 0 Å². The van der Waals surface area contributed by atoms with Gasteiger partial charge in [0, 0.05) is 38.0 Å². The molecule has 1 N–H and O–H groups in total. The summed E-state index contributed by atoms with van der Waals surface area (Å²) in [7, 11) is 1.60. The molecule has 192 valence electrons. The summed E-state index contributed by atoms with van der Waals surface area (Å²) >= 11 is 0. The zero-order valence-corrected chi connectivity index (χ0v) is 21.3. The fraction of sp³-hybridized carbons (Fsp3) is 0.542. The molecule has 0 aliphatic carbocycles. The van der Waals surface area contributed by atoms with Crippen molar-refractivity contribution < 1.29 is 28.8 Å². The van der Waals surface area contributed by atoms with Crippen LogP contribution in [0.1, 0.15) is 59.6 Å². The third kappa shape index (κ3) is 7.43. The van der Waals surface area contributed by atoms with Crippen LogP contribution in [-0.4, -0.2) is 64.7 Å². The highest BCUT2D eigenvalue weighted by molar-refractivity contribution is 5.95. The van der Waals surface area contributed by atoms with Crippen LogP contribution in [0.5, 0.6) is 0 Å². The van der Waals surface area contributed by atoms with Crippen LogP contribution in [0, 0.1) is 10.1 Å². The number of non-ortho nitro benzene ring substituents is 1. The Morgan fingerprint density at radius 1 is 1.29 bits per heavy atom. The van der Waals surface area contributed by atoms with Crippen molar-refractivity contribution in [3.63, 3.8) is 0 Å². The maximum Gasteiger partial charge on any atom is 0.410 e. The van der Waals surface area contributed by atoms with Crippen molar-refractivity contribution in [2.24, 2.45) is 0 Å². The highest BCUT2D eigenvalue weighted by Crippen LogP contribution is 2.36. The zero-order valence-electron chi connectivity index (χ0n) is 21.3. The summed E-state index contributed by atoms with van der Waals surface area (Å²) < 4.78 is 10.8. The molecule has 1 aliphatic rings. The minimum atomic E-state index is -0.901. The second kappa shape index (κ2) is 11.2. The lowest BCUT2D eigenvalue weighted by molar-refractivity contribution is -0.384. The molecule has 1 aromatic carbocycles. The Kier molecular flexibility index (Phi) is 8.83. The molecule has 2 rings (SSSR count). The number of urea groups is 1. The summed E-state index contributed by atoms with van der Waals surface area (Å²) in [5.41, 5.74) is 0.120. The fourth-order valence-corrected chi connectivity index (χ4v) is 3.62. The van der Waals surface area contributed by atoms with Crippen molar-refractivity contribution >= 4 is 23.8 Å². The van der Waals surface area contributed by atoms with E-state index in [-0.39, 0.29) is 24.4 Å². The van der Waals surface area contributed by atoms with Crippen LogP contribution in [0.4, 0.5) is 15.3 Å². The first-order chi connectivity index (χ1) is 16.2. The van der Waals surface area contributed by atoms with Gasteiger partial charge < -0.3 is 24.6 Å². The highest BCUT2D eigenvalue weighted by atomic mass is 16.6. The SMILES string of the molecule is CC1=C(C(=O)OC(C)C)C(c2cccc([N+](=O)[O-])c2)N(CCCN(C)C(=O)OC(C)(C)C)C(=O)N1. The number of amides is 3. The Bertz CT molecular complexity index is 1010. The molecule has 0 aromatic heterocycles. The molecule has 0 saturated heterocycles. The zero-order chi connectivity index (χ0) is 26.5. The third-order valence-electron chi connectivity index (χ3n) is 5.10. The van der Waals surface area contributed by atoms with Crippen molar-refractivity contribution in [1.29, 1.82) is 0 Å². The Morgan fingerprint density at radius 2 is 1.94 bits per heavy atom. The normalized spacial score (nSPS) is 16.2. The average Bonchev–Trinajstić information content (AvgIpc) is 2.72. The van der Waals surface area contributed by atoms with E-state index < -0.39 is 40.8 Å². The molecule has 11 heteroatoms. The van der Waals surface area contributed by atoms with Crippen LogP contribution in [0.15, 0.2) is 35.5 Å². The largest absolute Gasteiger partial charge is 0.459 e. The number of carbonyl (C=O) groups excluding carboxylic acids is 3. The molecule has 3 amide bonds. The summed E-state index contributed by atoms with van der Waals surface area (Å²) in [4.78, 5) is 51.9. The van der Waals surface area contributed by atoms with E-state index in [9.17, 15) is 24.5 Å². The number of benzene rings is 1. The van der Waals surface area contributed by atoms with Crippen molar-refractivity contribution in [2.75, 3.05) is 20.1 Å². The van der Waals surface area contributed by atoms with Crippen molar-refractivity contribution in [1.82, 2.24) is 15.1 Å². The predicted octanol–water partition coefficient (Wildman–Crippen LogP) is 4.14. The van der Waals surface area contributed by atoms with Crippen LogP contribution >= 0.6 is 0 Å². The second-order valence-electron chi connectivity index (χ2n) is 9.63. The van der Waals surface area contributed by atoms with Gasteiger partial charge in [0.2, 0.25) is 0 Å². The molecule has 11 nitrogen and oxygen atoms in total. The van der Waals surface area contributed by atoms with Gasteiger partial charge in [-0.15, -0.1) is 0 Å². The summed E-state index contributed by atoms with van der Waals surface area (Å²) in [5.74, 6) is -0.620. The first-order valence-electron chi connectivity index (χ1n) is 11.4. The van der Waals surface area contributed by atoms with Crippen LogP contribution < -0.4 is 5.32 Å². The molecule has 35 heavy (non-hydrogen) atoms. The minimum Gasteiger partial charge on any atom is -0.459 e. The van der Waals surface area contributed by atoms with Crippen LogP contribution in [-0.2, 0) is 14.3 Å². The molecule has 0 bridgehead atoms. The lowest BCUT2D eigenvalue weighted by Gasteiger charge is -2.38. The molecule has 0 saturated carbocycles. The molecule has 1 atom stereocenters. The fourth-order valence-electron chi connectivity index (χ4n) is 3.62. The van der Waals surface area contributed by atoms with Crippen LogP contribution in [0.25, 0.3) is 0 Å². The second-order valence-corrected chi connectivity index (χ2v) is 9.63. The van der Waals surface area contributed by atoms with Gasteiger partial charge in [-0.25, -0.2) is 14.4 Å². The number of carbonyl (C=O) groups is 3. The van der Waals surface area contributed by atoms with E-state index in [4.69, 9.17) is 9.47 Å². The van der Waals surface area contributed by atoms with Crippen molar-refractivity contribution in [3.8, 4) is 0 Å². The number of nitrogens with one attached hydrogen (secondary N) is 1. The first kappa shape index (κ1) is 27.6. The number of rotatable bonds is 8. The van der Waals surface area contributed by atoms with Gasteiger partial charge in [-0.05, 0) is 53.5 Å². The Balaban J connectivity index is 2.36. The average molecular weight is 491 g/mol. The highest BCUT2D eigenvalue weighted by Gasteiger charge is 2.39. The van der Waals surface area contributed by atoms with E-state index in [1.54, 1.807) is 54.7 Å². The number of nitro groups is 1. The lowest BCUT2D eigenvalue weighted by atomic mass is 9.93. The van der Waals surface area contributed by atoms with E-state index in [1.807, 2.05) is 0 Å². The van der Waals surface area contributed by atoms with Gasteiger partial charge in [-0.1, -0.05) is 12.1 Å². The quantitative estimate of drug-likeness (QED) is 0.329. The maximum atomic E-state index is 13.0. The molecule has 1 heterocycles. The van der Waals surface area contributed by atoms with Gasteiger partial charge in [0.05, 0.1) is 22.6 Å². The molecular formula is C24H34N4O7. The standard InChI is InChI=1S/C24H34N4O7/c1-15(2)34-21(29)19-16(3)25-22(30)27(13-9-12-26(7)23(31)35-24(4,5)6)20(19)17-10-8-11-18(14-17)28(32)33/h8,10-11,14-15,20H,9,12-13H2,1-7H3,(H,25,30). The van der Waals surface area contributed by atoms with Gasteiger partial charge in [0.1, 0.15) is 5.60 Å². The Hall–Kier alpha value is -3.63. The number of nitro benzene ring substituents is 1. The molecule has 1 aliphatic heterocycles. The van der Waals surface area contributed by atoms with E-state index >= 15 is 0 Å². The van der Waals surface area contributed by atoms with Gasteiger partial charge in [0.15, 0.2) is 0 Å². The number of hydrogen-bond donors (Lipinski definition) is 1. The number of allylic oxidation sites excluding steroid dienone is 1. The summed E-state index contributed by atoms with van der Waals surface area (Å²) in [6.07, 6.45) is -0.518. The van der Waals surface area contributed by atoms with Gasteiger partial charge >= 0.3 is 18.1 Å². The van der Waals surface area contributed by atoms with Crippen molar-refractivity contribution in [3.05, 3.63) is 51.2 Å². The number of ether oxygens (including phenoxy) is 2.